The lowest BCUT2D eigenvalue weighted by Crippen LogP contribution is -2.22. The predicted octanol–water partition coefficient (Wildman–Crippen LogP) is 6.38. The van der Waals surface area contributed by atoms with Gasteiger partial charge in [-0.05, 0) is 59.1 Å². The highest BCUT2D eigenvalue weighted by Gasteiger charge is 2.25. The molecule has 0 aromatic heterocycles. The Hall–Kier alpha value is -2.40. The number of hydrogen-bond acceptors (Lipinski definition) is 3. The Morgan fingerprint density at radius 2 is 1.77 bits per heavy atom. The lowest BCUT2D eigenvalue weighted by atomic mass is 9.72. The topological polar surface area (TPSA) is 69.6 Å². The summed E-state index contributed by atoms with van der Waals surface area (Å²) in [6.45, 7) is 8.05. The van der Waals surface area contributed by atoms with Gasteiger partial charge in [-0.15, -0.1) is 0 Å². The normalized spacial score (nSPS) is 14.6. The maximum absolute atomic E-state index is 13.3. The molecule has 4 nitrogen and oxygen atoms in total. The van der Waals surface area contributed by atoms with Crippen LogP contribution in [0.4, 0.5) is 4.39 Å². The van der Waals surface area contributed by atoms with E-state index in [-0.39, 0.29) is 12.2 Å². The van der Waals surface area contributed by atoms with E-state index < -0.39 is 11.8 Å². The fourth-order valence-corrected chi connectivity index (χ4v) is 4.00. The predicted molar refractivity (Wildman–Crippen MR) is 123 cm³/mol. The molecule has 2 aromatic carbocycles. The van der Waals surface area contributed by atoms with Crippen molar-refractivity contribution in [3.8, 4) is 16.9 Å². The number of hydrogen-bond donors (Lipinski definition) is 3. The molecular formula is C26H36FNO3. The lowest BCUT2D eigenvalue weighted by Gasteiger charge is -2.33. The summed E-state index contributed by atoms with van der Waals surface area (Å²) in [4.78, 5) is 10.4. The van der Waals surface area contributed by atoms with Crippen molar-refractivity contribution in [1.82, 2.24) is 5.32 Å². The Kier molecular flexibility index (Phi) is 9.50. The molecule has 0 saturated heterocycles. The van der Waals surface area contributed by atoms with E-state index in [0.29, 0.717) is 24.1 Å². The van der Waals surface area contributed by atoms with Crippen LogP contribution in [0.1, 0.15) is 64.9 Å². The SMILES string of the molecule is CC(C)(C)C1CCCCC1.O=C(O)CCNCc1cccc(-c2cc(O)cc(F)c2)c1. The quantitative estimate of drug-likeness (QED) is 0.466. The summed E-state index contributed by atoms with van der Waals surface area (Å²) in [5, 5.41) is 21.0. The summed E-state index contributed by atoms with van der Waals surface area (Å²) < 4.78 is 13.3. The van der Waals surface area contributed by atoms with Gasteiger partial charge in [0.05, 0.1) is 6.42 Å². The monoisotopic (exact) mass is 429 g/mol. The van der Waals surface area contributed by atoms with Gasteiger partial charge >= 0.3 is 5.97 Å². The van der Waals surface area contributed by atoms with Crippen molar-refractivity contribution in [2.24, 2.45) is 11.3 Å². The van der Waals surface area contributed by atoms with Crippen molar-refractivity contribution in [1.29, 1.82) is 0 Å². The highest BCUT2D eigenvalue weighted by atomic mass is 19.1. The van der Waals surface area contributed by atoms with E-state index >= 15 is 0 Å². The number of nitrogens with one attached hydrogen (secondary N) is 1. The van der Waals surface area contributed by atoms with Crippen LogP contribution < -0.4 is 5.32 Å². The zero-order valence-electron chi connectivity index (χ0n) is 19.0. The first-order chi connectivity index (χ1) is 14.6. The molecular weight excluding hydrogens is 393 g/mol. The maximum Gasteiger partial charge on any atom is 0.304 e. The second-order valence-electron chi connectivity index (χ2n) is 9.42. The van der Waals surface area contributed by atoms with Crippen LogP contribution in [0.5, 0.6) is 5.75 Å². The minimum atomic E-state index is -0.841. The highest BCUT2D eigenvalue weighted by molar-refractivity contribution is 5.67. The molecule has 0 heterocycles. The van der Waals surface area contributed by atoms with E-state index in [4.69, 9.17) is 5.11 Å². The maximum atomic E-state index is 13.3. The summed E-state index contributed by atoms with van der Waals surface area (Å²) in [6, 6.07) is 11.4. The van der Waals surface area contributed by atoms with Gasteiger partial charge in [0.15, 0.2) is 0 Å². The second kappa shape index (κ2) is 11.8. The van der Waals surface area contributed by atoms with Gasteiger partial charge < -0.3 is 15.5 Å². The molecule has 0 atom stereocenters. The van der Waals surface area contributed by atoms with Gasteiger partial charge in [0.2, 0.25) is 0 Å². The third kappa shape index (κ3) is 9.09. The number of rotatable bonds is 6. The number of carbonyl (C=O) groups is 1. The minimum absolute atomic E-state index is 0.0669. The van der Waals surface area contributed by atoms with Crippen LogP contribution in [0.3, 0.4) is 0 Å². The molecule has 31 heavy (non-hydrogen) atoms. The molecule has 0 radical (unpaired) electrons. The lowest BCUT2D eigenvalue weighted by molar-refractivity contribution is -0.136. The zero-order chi connectivity index (χ0) is 22.9. The van der Waals surface area contributed by atoms with Crippen LogP contribution in [0.25, 0.3) is 11.1 Å². The van der Waals surface area contributed by atoms with E-state index in [1.165, 1.54) is 44.2 Å². The van der Waals surface area contributed by atoms with E-state index in [9.17, 15) is 14.3 Å². The van der Waals surface area contributed by atoms with E-state index in [1.54, 1.807) is 0 Å². The Balaban J connectivity index is 0.000000285. The Morgan fingerprint density at radius 1 is 1.06 bits per heavy atom. The molecule has 0 unspecified atom stereocenters. The van der Waals surface area contributed by atoms with Gasteiger partial charge in [-0.1, -0.05) is 58.2 Å². The smallest absolute Gasteiger partial charge is 0.304 e. The molecule has 170 valence electrons. The number of phenols is 1. The molecule has 2 aromatic rings. The van der Waals surface area contributed by atoms with Crippen LogP contribution in [0.2, 0.25) is 0 Å². The van der Waals surface area contributed by atoms with Crippen molar-refractivity contribution in [3.05, 3.63) is 53.8 Å². The van der Waals surface area contributed by atoms with Gasteiger partial charge in [-0.3, -0.25) is 4.79 Å². The first kappa shape index (κ1) is 24.9. The third-order valence-electron chi connectivity index (χ3n) is 5.82. The summed E-state index contributed by atoms with van der Waals surface area (Å²) in [5.74, 6) is -0.447. The van der Waals surface area contributed by atoms with Gasteiger partial charge in [0.1, 0.15) is 11.6 Å². The number of carboxylic acids is 1. The zero-order valence-corrected chi connectivity index (χ0v) is 19.0. The third-order valence-corrected chi connectivity index (χ3v) is 5.82. The molecule has 3 rings (SSSR count). The molecule has 1 aliphatic carbocycles. The first-order valence-electron chi connectivity index (χ1n) is 11.2. The highest BCUT2D eigenvalue weighted by Crippen LogP contribution is 2.37. The molecule has 0 bridgehead atoms. The van der Waals surface area contributed by atoms with Crippen LogP contribution >= 0.6 is 0 Å². The number of halogens is 1. The molecule has 3 N–H and O–H groups in total. The number of phenolic OH excluding ortho intramolecular Hbond substituents is 1. The van der Waals surface area contributed by atoms with Crippen LogP contribution in [0.15, 0.2) is 42.5 Å². The molecule has 1 saturated carbocycles. The van der Waals surface area contributed by atoms with E-state index in [1.807, 2.05) is 24.3 Å². The van der Waals surface area contributed by atoms with Crippen molar-refractivity contribution in [3.63, 3.8) is 0 Å². The number of benzene rings is 2. The molecule has 1 fully saturated rings. The number of aromatic hydroxyl groups is 1. The summed E-state index contributed by atoms with van der Waals surface area (Å²) in [7, 11) is 0. The Labute approximate surface area is 185 Å². The average molecular weight is 430 g/mol. The van der Waals surface area contributed by atoms with Crippen LogP contribution in [0, 0.1) is 17.2 Å². The summed E-state index contributed by atoms with van der Waals surface area (Å²) in [6.07, 6.45) is 7.45. The van der Waals surface area contributed by atoms with Crippen LogP contribution in [-0.4, -0.2) is 22.7 Å². The van der Waals surface area contributed by atoms with Crippen molar-refractivity contribution in [2.75, 3.05) is 6.54 Å². The van der Waals surface area contributed by atoms with Crippen LogP contribution in [-0.2, 0) is 11.3 Å². The molecule has 0 spiro atoms. The van der Waals surface area contributed by atoms with Gasteiger partial charge in [-0.25, -0.2) is 4.39 Å². The largest absolute Gasteiger partial charge is 0.508 e. The molecule has 0 aliphatic heterocycles. The van der Waals surface area contributed by atoms with Crippen molar-refractivity contribution >= 4 is 5.97 Å². The second-order valence-corrected chi connectivity index (χ2v) is 9.42. The number of aliphatic carboxylic acids is 1. The first-order valence-corrected chi connectivity index (χ1v) is 11.2. The average Bonchev–Trinajstić information content (AvgIpc) is 2.71. The fraction of sp³-hybridized carbons (Fsp3) is 0.500. The van der Waals surface area contributed by atoms with Gasteiger partial charge in [-0.2, -0.15) is 0 Å². The molecule has 0 amide bonds. The standard InChI is InChI=1S/C16H16FNO3.C10H20/c17-14-7-13(8-15(19)9-14)12-3-1-2-11(6-12)10-18-5-4-16(20)21;1-10(2,3)9-7-5-4-6-8-9/h1-3,6-9,18-19H,4-5,10H2,(H,20,21);9H,4-8H2,1-3H3. The van der Waals surface area contributed by atoms with Crippen molar-refractivity contribution in [2.45, 2.75) is 65.8 Å². The minimum Gasteiger partial charge on any atom is -0.508 e. The Morgan fingerprint density at radius 3 is 2.35 bits per heavy atom. The van der Waals surface area contributed by atoms with Gasteiger partial charge in [0, 0.05) is 19.2 Å². The van der Waals surface area contributed by atoms with E-state index in [2.05, 4.69) is 26.1 Å². The summed E-state index contributed by atoms with van der Waals surface area (Å²) >= 11 is 0. The Bertz CT molecular complexity index is 819. The summed E-state index contributed by atoms with van der Waals surface area (Å²) in [5.41, 5.74) is 2.92. The van der Waals surface area contributed by atoms with Gasteiger partial charge in [0.25, 0.3) is 0 Å². The molecule has 1 aliphatic rings. The molecule has 5 heteroatoms. The van der Waals surface area contributed by atoms with Crippen molar-refractivity contribution < 1.29 is 19.4 Å². The van der Waals surface area contributed by atoms with E-state index in [0.717, 1.165) is 23.1 Å². The number of carboxylic acid groups (broad SMARTS) is 1. The fourth-order valence-electron chi connectivity index (χ4n) is 4.00.